The minimum atomic E-state index is -0.174. The van der Waals surface area contributed by atoms with Crippen molar-refractivity contribution in [2.45, 2.75) is 19.3 Å². The van der Waals surface area contributed by atoms with Crippen LogP contribution in [-0.4, -0.2) is 9.97 Å². The van der Waals surface area contributed by atoms with Gasteiger partial charge in [0.25, 0.3) is 0 Å². The molecule has 0 radical (unpaired) electrons. The second kappa shape index (κ2) is 8.59. The third-order valence-corrected chi connectivity index (χ3v) is 9.62. The van der Waals surface area contributed by atoms with Crippen LogP contribution in [0, 0.1) is 0 Å². The summed E-state index contributed by atoms with van der Waals surface area (Å²) in [6, 6.07) is 41.6. The van der Waals surface area contributed by atoms with E-state index in [1.54, 1.807) is 0 Å². The minimum Gasteiger partial charge on any atom is -0.236 e. The van der Waals surface area contributed by atoms with Gasteiger partial charge in [-0.3, -0.25) is 0 Å². The fraction of sp³-hybridized carbons (Fsp3) is 0.0732. The van der Waals surface area contributed by atoms with Crippen LogP contribution in [0.15, 0.2) is 128 Å². The van der Waals surface area contributed by atoms with Crippen molar-refractivity contribution in [2.75, 3.05) is 0 Å². The quantitative estimate of drug-likeness (QED) is 0.215. The molecule has 2 aliphatic rings. The molecule has 0 spiro atoms. The van der Waals surface area contributed by atoms with Crippen LogP contribution in [0.5, 0.6) is 0 Å². The normalized spacial score (nSPS) is 14.0. The van der Waals surface area contributed by atoms with Gasteiger partial charge in [0.05, 0.1) is 5.52 Å². The molecule has 2 aliphatic carbocycles. The second-order valence-electron chi connectivity index (χ2n) is 12.3. The van der Waals surface area contributed by atoms with Crippen molar-refractivity contribution >= 4 is 27.2 Å². The topological polar surface area (TPSA) is 25.8 Å². The molecule has 0 N–H and O–H groups in total. The Kier molecular flexibility index (Phi) is 4.85. The van der Waals surface area contributed by atoms with Gasteiger partial charge in [-0.05, 0) is 96.2 Å². The Balaban J connectivity index is 1.25. The molecule has 9 rings (SSSR count). The average molecular weight is 549 g/mol. The number of para-hydroxylation sites is 1. The Bertz CT molecular complexity index is 2340. The van der Waals surface area contributed by atoms with E-state index >= 15 is 0 Å². The van der Waals surface area contributed by atoms with Gasteiger partial charge in [-0.1, -0.05) is 111 Å². The summed E-state index contributed by atoms with van der Waals surface area (Å²) in [5, 5.41) is 3.42. The predicted molar refractivity (Wildman–Crippen MR) is 179 cm³/mol. The molecule has 0 saturated carbocycles. The van der Waals surface area contributed by atoms with Gasteiger partial charge in [0.2, 0.25) is 0 Å². The van der Waals surface area contributed by atoms with Gasteiger partial charge >= 0.3 is 0 Å². The fourth-order valence-electron chi connectivity index (χ4n) is 7.58. The lowest BCUT2D eigenvalue weighted by molar-refractivity contribution is 0.662. The van der Waals surface area contributed by atoms with Crippen molar-refractivity contribution in [3.63, 3.8) is 0 Å². The summed E-state index contributed by atoms with van der Waals surface area (Å²) in [6.45, 7) is 9.24. The highest BCUT2D eigenvalue weighted by molar-refractivity contribution is 6.07. The van der Waals surface area contributed by atoms with Gasteiger partial charge in [-0.2, -0.15) is 0 Å². The van der Waals surface area contributed by atoms with Gasteiger partial charge < -0.3 is 0 Å². The zero-order valence-corrected chi connectivity index (χ0v) is 24.1. The first-order valence-corrected chi connectivity index (χ1v) is 14.9. The fourth-order valence-corrected chi connectivity index (χ4v) is 7.58. The van der Waals surface area contributed by atoms with Gasteiger partial charge in [-0.25, -0.2) is 9.97 Å². The summed E-state index contributed by atoms with van der Waals surface area (Å²) < 4.78 is 0. The molecule has 6 aromatic carbocycles. The van der Waals surface area contributed by atoms with Gasteiger partial charge in [0.1, 0.15) is 0 Å². The Morgan fingerprint density at radius 3 is 2.02 bits per heavy atom. The Labute approximate surface area is 251 Å². The highest BCUT2D eigenvalue weighted by atomic mass is 14.9. The SMILES string of the molecule is C=C1c2ccccc2-c2cc3c(cc21)C(C)(C)c1c-3cccc1-c1ccc(-c2ncc3ccccc3n2)c2ccccc12. The third-order valence-electron chi connectivity index (χ3n) is 9.62. The molecule has 1 heterocycles. The van der Waals surface area contributed by atoms with Crippen molar-refractivity contribution in [2.24, 2.45) is 0 Å². The summed E-state index contributed by atoms with van der Waals surface area (Å²) in [5.74, 6) is 0.752. The van der Waals surface area contributed by atoms with Crippen LogP contribution in [0.3, 0.4) is 0 Å². The summed E-state index contributed by atoms with van der Waals surface area (Å²) in [5.41, 5.74) is 15.9. The maximum atomic E-state index is 4.94. The molecule has 0 atom stereocenters. The molecule has 2 heteroatoms. The van der Waals surface area contributed by atoms with Crippen LogP contribution in [0.2, 0.25) is 0 Å². The average Bonchev–Trinajstić information content (AvgIpc) is 3.46. The molecule has 1 aromatic heterocycles. The molecule has 0 fully saturated rings. The number of rotatable bonds is 2. The van der Waals surface area contributed by atoms with E-state index in [0.717, 1.165) is 33.3 Å². The first-order valence-electron chi connectivity index (χ1n) is 14.9. The second-order valence-corrected chi connectivity index (χ2v) is 12.3. The Hall–Kier alpha value is -5.34. The number of hydrogen-bond donors (Lipinski definition) is 0. The predicted octanol–water partition coefficient (Wildman–Crippen LogP) is 10.5. The molecule has 0 amide bonds. The lowest BCUT2D eigenvalue weighted by Gasteiger charge is -2.25. The zero-order chi connectivity index (χ0) is 28.9. The maximum Gasteiger partial charge on any atom is 0.160 e. The highest BCUT2D eigenvalue weighted by Gasteiger charge is 2.39. The molecule has 43 heavy (non-hydrogen) atoms. The number of fused-ring (bicyclic) bond motifs is 8. The lowest BCUT2D eigenvalue weighted by Crippen LogP contribution is -2.16. The van der Waals surface area contributed by atoms with E-state index in [2.05, 4.69) is 117 Å². The first kappa shape index (κ1) is 24.3. The zero-order valence-electron chi connectivity index (χ0n) is 24.1. The molecule has 2 nitrogen and oxygen atoms in total. The molecule has 0 unspecified atom stereocenters. The van der Waals surface area contributed by atoms with E-state index in [1.807, 2.05) is 24.4 Å². The summed E-state index contributed by atoms with van der Waals surface area (Å²) in [6.07, 6.45) is 1.93. The van der Waals surface area contributed by atoms with Crippen molar-refractivity contribution in [3.8, 4) is 44.8 Å². The van der Waals surface area contributed by atoms with E-state index in [1.165, 1.54) is 61.0 Å². The third kappa shape index (κ3) is 3.29. The molecule has 7 aromatic rings. The van der Waals surface area contributed by atoms with Crippen LogP contribution in [0.4, 0.5) is 0 Å². The van der Waals surface area contributed by atoms with Crippen LogP contribution in [0.1, 0.15) is 36.1 Å². The lowest BCUT2D eigenvalue weighted by atomic mass is 9.77. The Morgan fingerprint density at radius 2 is 1.19 bits per heavy atom. The van der Waals surface area contributed by atoms with E-state index in [9.17, 15) is 0 Å². The molecule has 0 aliphatic heterocycles. The van der Waals surface area contributed by atoms with Crippen molar-refractivity contribution in [1.29, 1.82) is 0 Å². The van der Waals surface area contributed by atoms with E-state index in [-0.39, 0.29) is 5.41 Å². The van der Waals surface area contributed by atoms with Gasteiger partial charge in [-0.15, -0.1) is 0 Å². The largest absolute Gasteiger partial charge is 0.236 e. The van der Waals surface area contributed by atoms with E-state index in [4.69, 9.17) is 9.97 Å². The van der Waals surface area contributed by atoms with Crippen LogP contribution >= 0.6 is 0 Å². The molecule has 202 valence electrons. The first-order chi connectivity index (χ1) is 21.0. The van der Waals surface area contributed by atoms with Gasteiger partial charge in [0, 0.05) is 22.6 Å². The highest BCUT2D eigenvalue weighted by Crippen LogP contribution is 2.56. The number of nitrogens with zero attached hydrogens (tertiary/aromatic N) is 2. The van der Waals surface area contributed by atoms with Gasteiger partial charge in [0.15, 0.2) is 5.82 Å². The number of hydrogen-bond acceptors (Lipinski definition) is 2. The van der Waals surface area contributed by atoms with Crippen LogP contribution < -0.4 is 0 Å². The van der Waals surface area contributed by atoms with Crippen LogP contribution in [-0.2, 0) is 5.41 Å². The summed E-state index contributed by atoms with van der Waals surface area (Å²) in [4.78, 5) is 9.71. The monoisotopic (exact) mass is 548 g/mol. The van der Waals surface area contributed by atoms with E-state index in [0.29, 0.717) is 0 Å². The van der Waals surface area contributed by atoms with Crippen molar-refractivity contribution < 1.29 is 0 Å². The summed E-state index contributed by atoms with van der Waals surface area (Å²) in [7, 11) is 0. The molecule has 0 bridgehead atoms. The molecule has 0 saturated heterocycles. The van der Waals surface area contributed by atoms with Crippen molar-refractivity contribution in [1.82, 2.24) is 9.97 Å². The van der Waals surface area contributed by atoms with Crippen LogP contribution in [0.25, 0.3) is 72.0 Å². The van der Waals surface area contributed by atoms with E-state index < -0.39 is 0 Å². The number of aromatic nitrogens is 2. The molecular weight excluding hydrogens is 520 g/mol. The van der Waals surface area contributed by atoms with Crippen molar-refractivity contribution in [3.05, 3.63) is 150 Å². The smallest absolute Gasteiger partial charge is 0.160 e. The maximum absolute atomic E-state index is 4.94. The minimum absolute atomic E-state index is 0.174. The molecular formula is C41H28N2. The Morgan fingerprint density at radius 1 is 0.535 bits per heavy atom. The summed E-state index contributed by atoms with van der Waals surface area (Å²) >= 11 is 0. The standard InChI is InChI=1S/C41H28N2/c1-24-26-12-5-6-13-27(26)35-21-36-32-17-10-16-31(39(32)41(2,3)37(36)22-34(24)35)30-19-20-33(29-15-8-7-14-28(29)30)40-42-23-25-11-4-9-18-38(25)43-40/h4-23H,1H2,2-3H3. The number of benzene rings is 6.